The number of amides is 1. The molecule has 0 unspecified atom stereocenters. The van der Waals surface area contributed by atoms with Gasteiger partial charge in [0.15, 0.2) is 0 Å². The fourth-order valence-corrected chi connectivity index (χ4v) is 4.91. The van der Waals surface area contributed by atoms with Crippen LogP contribution in [0, 0.1) is 10.8 Å². The summed E-state index contributed by atoms with van der Waals surface area (Å²) in [6.45, 7) is 9.11. The first-order valence-corrected chi connectivity index (χ1v) is 10.1. The van der Waals surface area contributed by atoms with Crippen LogP contribution in [0.15, 0.2) is 53.6 Å². The van der Waals surface area contributed by atoms with E-state index in [0.717, 1.165) is 37.1 Å². The van der Waals surface area contributed by atoms with Crippen molar-refractivity contribution in [3.63, 3.8) is 0 Å². The third kappa shape index (κ3) is 4.06. The number of carbonyl (C=O) groups excluding carboxylic acids is 2. The van der Waals surface area contributed by atoms with Crippen molar-refractivity contribution in [2.24, 2.45) is 10.8 Å². The highest BCUT2D eigenvalue weighted by molar-refractivity contribution is 6.04. The number of rotatable bonds is 4. The molecule has 0 saturated heterocycles. The Bertz CT molecular complexity index is 818. The lowest BCUT2D eigenvalue weighted by molar-refractivity contribution is -0.297. The molecule has 0 bridgehead atoms. The molecule has 0 aromatic heterocycles. The molecule has 1 atom stereocenters. The zero-order chi connectivity index (χ0) is 20.5. The van der Waals surface area contributed by atoms with Crippen LogP contribution in [-0.4, -0.2) is 17.9 Å². The summed E-state index contributed by atoms with van der Waals surface area (Å²) >= 11 is 0. The molecular formula is C24H30NO3-. The molecular weight excluding hydrogens is 350 g/mol. The topological polar surface area (TPSA) is 60.4 Å². The first kappa shape index (κ1) is 20.4. The number of carbonyl (C=O) groups is 2. The number of nitrogens with zero attached hydrogens (tertiary/aromatic N) is 1. The minimum atomic E-state index is -1.36. The van der Waals surface area contributed by atoms with Crippen LogP contribution >= 0.6 is 0 Å². The summed E-state index contributed by atoms with van der Waals surface area (Å²) in [5.41, 5.74) is 3.94. The van der Waals surface area contributed by atoms with Crippen LogP contribution in [0.2, 0.25) is 0 Å². The highest BCUT2D eigenvalue weighted by atomic mass is 16.4. The van der Waals surface area contributed by atoms with E-state index in [9.17, 15) is 14.7 Å². The summed E-state index contributed by atoms with van der Waals surface area (Å²) in [5, 5.41) is 10.8. The van der Waals surface area contributed by atoms with Crippen molar-refractivity contribution in [2.45, 2.75) is 65.8 Å². The van der Waals surface area contributed by atoms with Crippen molar-refractivity contribution in [1.29, 1.82) is 0 Å². The molecule has 0 saturated carbocycles. The second-order valence-corrected chi connectivity index (χ2v) is 9.40. The van der Waals surface area contributed by atoms with Crippen LogP contribution in [0.4, 0.5) is 5.69 Å². The quantitative estimate of drug-likeness (QED) is 0.585. The minimum Gasteiger partial charge on any atom is -0.545 e. The third-order valence-corrected chi connectivity index (χ3v) is 6.44. The number of hydrogen-bond acceptors (Lipinski definition) is 3. The molecule has 1 aromatic rings. The Kier molecular flexibility index (Phi) is 5.51. The van der Waals surface area contributed by atoms with Gasteiger partial charge in [-0.25, -0.2) is 0 Å². The van der Waals surface area contributed by atoms with E-state index in [1.807, 2.05) is 30.3 Å². The summed E-state index contributed by atoms with van der Waals surface area (Å²) in [7, 11) is 0. The van der Waals surface area contributed by atoms with E-state index in [2.05, 4.69) is 27.7 Å². The van der Waals surface area contributed by atoms with Gasteiger partial charge in [0, 0.05) is 17.8 Å². The van der Waals surface area contributed by atoms with Gasteiger partial charge in [-0.2, -0.15) is 0 Å². The van der Waals surface area contributed by atoms with Crippen LogP contribution in [0.5, 0.6) is 0 Å². The Morgan fingerprint density at radius 1 is 1.11 bits per heavy atom. The number of benzene rings is 1. The number of carboxylic acids is 1. The molecule has 28 heavy (non-hydrogen) atoms. The summed E-state index contributed by atoms with van der Waals surface area (Å²) in [5.74, 6) is -1.67. The van der Waals surface area contributed by atoms with Crippen molar-refractivity contribution >= 4 is 17.6 Å². The van der Waals surface area contributed by atoms with E-state index >= 15 is 0 Å². The number of carboxylic acid groups (broad SMARTS) is 1. The predicted octanol–water partition coefficient (Wildman–Crippen LogP) is 4.02. The number of anilines is 1. The molecule has 0 radical (unpaired) electrons. The van der Waals surface area contributed by atoms with E-state index in [1.54, 1.807) is 10.5 Å². The highest BCUT2D eigenvalue weighted by Crippen LogP contribution is 2.53. The highest BCUT2D eigenvalue weighted by Gasteiger charge is 2.45. The van der Waals surface area contributed by atoms with Crippen molar-refractivity contribution in [1.82, 2.24) is 0 Å². The van der Waals surface area contributed by atoms with Crippen LogP contribution in [0.1, 0.15) is 59.8 Å². The summed E-state index contributed by atoms with van der Waals surface area (Å²) in [4.78, 5) is 25.7. The molecule has 0 aliphatic heterocycles. The average molecular weight is 381 g/mol. The van der Waals surface area contributed by atoms with E-state index < -0.39 is 5.97 Å². The number of allylic oxidation sites excluding steroid dienone is 1. The summed E-state index contributed by atoms with van der Waals surface area (Å²) < 4.78 is 0. The SMILES string of the molecule is CC1(C)CCCC2=C1CC(C)(C)[C@H](N(C(=O)/C=C/C(=O)[O-])c1ccccc1)C2. The standard InChI is InChI=1S/C24H31NO3/c1-23(2)14-8-9-17-15-20(24(3,4)16-19(17)23)25(18-10-6-5-7-11-18)21(26)12-13-22(27)28/h5-7,10-13,20H,8-9,14-16H2,1-4H3,(H,27,28)/p-1/b13-12+/t20-/m1/s1. The number of hydrogen-bond donors (Lipinski definition) is 0. The number of aliphatic carboxylic acids is 1. The maximum absolute atomic E-state index is 13.1. The first-order chi connectivity index (χ1) is 13.1. The lowest BCUT2D eigenvalue weighted by Gasteiger charge is -2.50. The van der Waals surface area contributed by atoms with Gasteiger partial charge in [0.2, 0.25) is 0 Å². The molecule has 1 aromatic carbocycles. The molecule has 1 amide bonds. The van der Waals surface area contributed by atoms with Gasteiger partial charge in [0.05, 0.1) is 5.97 Å². The lowest BCUT2D eigenvalue weighted by Crippen LogP contribution is -2.51. The van der Waals surface area contributed by atoms with E-state index in [4.69, 9.17) is 0 Å². The summed E-state index contributed by atoms with van der Waals surface area (Å²) in [6, 6.07) is 9.52. The zero-order valence-corrected chi connectivity index (χ0v) is 17.3. The van der Waals surface area contributed by atoms with Gasteiger partial charge in [-0.3, -0.25) is 4.79 Å². The van der Waals surface area contributed by atoms with Crippen molar-refractivity contribution in [3.05, 3.63) is 53.6 Å². The molecule has 0 heterocycles. The monoisotopic (exact) mass is 380 g/mol. The van der Waals surface area contributed by atoms with Gasteiger partial charge in [0.1, 0.15) is 0 Å². The van der Waals surface area contributed by atoms with Gasteiger partial charge in [-0.15, -0.1) is 0 Å². The average Bonchev–Trinajstić information content (AvgIpc) is 2.62. The second kappa shape index (κ2) is 7.57. The molecule has 2 aliphatic rings. The maximum atomic E-state index is 13.1. The van der Waals surface area contributed by atoms with Crippen molar-refractivity contribution < 1.29 is 14.7 Å². The fourth-order valence-electron chi connectivity index (χ4n) is 4.91. The predicted molar refractivity (Wildman–Crippen MR) is 110 cm³/mol. The van der Waals surface area contributed by atoms with Gasteiger partial charge in [-0.1, -0.05) is 57.0 Å². The second-order valence-electron chi connectivity index (χ2n) is 9.40. The molecule has 2 aliphatic carbocycles. The molecule has 0 spiro atoms. The zero-order valence-electron chi connectivity index (χ0n) is 17.3. The van der Waals surface area contributed by atoms with Gasteiger partial charge in [-0.05, 0) is 61.1 Å². The Morgan fingerprint density at radius 2 is 1.79 bits per heavy atom. The fraction of sp³-hybridized carbons (Fsp3) is 0.500. The lowest BCUT2D eigenvalue weighted by atomic mass is 9.60. The molecule has 0 fully saturated rings. The maximum Gasteiger partial charge on any atom is 0.251 e. The largest absolute Gasteiger partial charge is 0.545 e. The van der Waals surface area contributed by atoms with Crippen LogP contribution < -0.4 is 10.0 Å². The Labute approximate surface area is 167 Å². The van der Waals surface area contributed by atoms with Crippen LogP contribution in [0.3, 0.4) is 0 Å². The first-order valence-electron chi connectivity index (χ1n) is 10.1. The van der Waals surface area contributed by atoms with Crippen LogP contribution in [0.25, 0.3) is 0 Å². The van der Waals surface area contributed by atoms with Gasteiger partial charge in [0.25, 0.3) is 5.91 Å². The molecule has 3 rings (SSSR count). The normalized spacial score (nSPS) is 23.4. The molecule has 4 heteroatoms. The number of para-hydroxylation sites is 1. The van der Waals surface area contributed by atoms with Crippen LogP contribution in [-0.2, 0) is 9.59 Å². The Hall–Kier alpha value is -2.36. The van der Waals surface area contributed by atoms with E-state index in [0.29, 0.717) is 0 Å². The van der Waals surface area contributed by atoms with Crippen molar-refractivity contribution in [3.8, 4) is 0 Å². The minimum absolute atomic E-state index is 0.0264. The Balaban J connectivity index is 2.03. The Morgan fingerprint density at radius 3 is 2.43 bits per heavy atom. The van der Waals surface area contributed by atoms with E-state index in [1.165, 1.54) is 18.4 Å². The van der Waals surface area contributed by atoms with E-state index in [-0.39, 0.29) is 22.8 Å². The van der Waals surface area contributed by atoms with Gasteiger partial charge < -0.3 is 14.8 Å². The van der Waals surface area contributed by atoms with Gasteiger partial charge >= 0.3 is 0 Å². The third-order valence-electron chi connectivity index (χ3n) is 6.44. The smallest absolute Gasteiger partial charge is 0.251 e. The molecule has 4 nitrogen and oxygen atoms in total. The van der Waals surface area contributed by atoms with Crippen molar-refractivity contribution in [2.75, 3.05) is 4.90 Å². The molecule has 0 N–H and O–H groups in total. The molecule has 150 valence electrons. The summed E-state index contributed by atoms with van der Waals surface area (Å²) in [6.07, 6.45) is 7.23.